The van der Waals surface area contributed by atoms with E-state index in [0.717, 1.165) is 39.9 Å². The molecule has 2 heterocycles. The first-order valence-electron chi connectivity index (χ1n) is 9.48. The van der Waals surface area contributed by atoms with Gasteiger partial charge in [0.1, 0.15) is 12.4 Å². The van der Waals surface area contributed by atoms with Crippen LogP contribution < -0.4 is 9.64 Å². The molecule has 0 spiro atoms. The first kappa shape index (κ1) is 16.7. The minimum absolute atomic E-state index is 0.521. The highest BCUT2D eigenvalue weighted by molar-refractivity contribution is 5.89. The van der Waals surface area contributed by atoms with E-state index in [9.17, 15) is 0 Å². The summed E-state index contributed by atoms with van der Waals surface area (Å²) in [6.07, 6.45) is 0. The highest BCUT2D eigenvalue weighted by atomic mass is 16.5. The molecule has 0 saturated carbocycles. The van der Waals surface area contributed by atoms with E-state index in [1.165, 1.54) is 11.1 Å². The maximum Gasteiger partial charge on any atom is 0.247 e. The summed E-state index contributed by atoms with van der Waals surface area (Å²) in [5.74, 6) is 2.33. The summed E-state index contributed by atoms with van der Waals surface area (Å²) in [6, 6.07) is 27.3. The smallest absolute Gasteiger partial charge is 0.247 e. The quantitative estimate of drug-likeness (QED) is 0.384. The summed E-state index contributed by atoms with van der Waals surface area (Å²) in [5.41, 5.74) is 6.83. The van der Waals surface area contributed by atoms with Gasteiger partial charge in [-0.05, 0) is 31.5 Å². The van der Waals surface area contributed by atoms with Crippen LogP contribution >= 0.6 is 0 Å². The number of rotatable bonds is 2. The molecule has 0 atom stereocenters. The van der Waals surface area contributed by atoms with Crippen LogP contribution in [0.15, 0.2) is 83.3 Å². The average Bonchev–Trinajstić information content (AvgIpc) is 3.02. The molecule has 0 bridgehead atoms. The fourth-order valence-electron chi connectivity index (χ4n) is 3.82. The molecular formula is C25H21NO2. The van der Waals surface area contributed by atoms with E-state index in [2.05, 4.69) is 78.6 Å². The van der Waals surface area contributed by atoms with Crippen molar-refractivity contribution < 1.29 is 9.15 Å². The molecule has 3 heteroatoms. The lowest BCUT2D eigenvalue weighted by molar-refractivity contribution is 0.308. The largest absolute Gasteiger partial charge is 0.483 e. The Hall–Kier alpha value is -3.46. The highest BCUT2D eigenvalue weighted by Crippen LogP contribution is 2.48. The predicted octanol–water partition coefficient (Wildman–Crippen LogP) is 6.93. The number of fused-ring (bicyclic) bond motifs is 2. The second-order valence-electron chi connectivity index (χ2n) is 7.17. The van der Waals surface area contributed by atoms with Gasteiger partial charge in [0.25, 0.3) is 0 Å². The number of nitrogens with zero attached hydrogens (tertiary/aromatic N) is 1. The molecule has 0 saturated heterocycles. The van der Waals surface area contributed by atoms with E-state index in [0.29, 0.717) is 6.61 Å². The van der Waals surface area contributed by atoms with Gasteiger partial charge in [-0.15, -0.1) is 0 Å². The Kier molecular flexibility index (Phi) is 3.94. The molecule has 0 fully saturated rings. The van der Waals surface area contributed by atoms with Gasteiger partial charge in [0.15, 0.2) is 5.75 Å². The summed E-state index contributed by atoms with van der Waals surface area (Å²) in [4.78, 5) is 2.19. The van der Waals surface area contributed by atoms with Gasteiger partial charge in [-0.1, -0.05) is 66.2 Å². The minimum Gasteiger partial charge on any atom is -0.483 e. The van der Waals surface area contributed by atoms with E-state index >= 15 is 0 Å². The van der Waals surface area contributed by atoms with Gasteiger partial charge in [0.2, 0.25) is 5.88 Å². The molecule has 138 valence electrons. The molecule has 0 radical (unpaired) electrons. The van der Waals surface area contributed by atoms with Gasteiger partial charge in [-0.3, -0.25) is 4.90 Å². The van der Waals surface area contributed by atoms with Crippen LogP contribution in [0.5, 0.6) is 5.75 Å². The Bertz CT molecular complexity index is 1140. The Morgan fingerprint density at radius 3 is 2.43 bits per heavy atom. The first-order chi connectivity index (χ1) is 13.7. The Labute approximate surface area is 164 Å². The third kappa shape index (κ3) is 2.76. The van der Waals surface area contributed by atoms with Crippen molar-refractivity contribution in [1.29, 1.82) is 0 Å². The van der Waals surface area contributed by atoms with Gasteiger partial charge < -0.3 is 9.15 Å². The maximum atomic E-state index is 6.13. The number of para-hydroxylation sites is 1. The lowest BCUT2D eigenvalue weighted by atomic mass is 10.0. The molecule has 1 aliphatic heterocycles. The van der Waals surface area contributed by atoms with Gasteiger partial charge in [0.05, 0.1) is 11.4 Å². The average molecular weight is 367 g/mol. The SMILES string of the molecule is Cc1ccc2c(c1)COc1cc(C)oc1N2c1ccccc1-c1ccccc1. The van der Waals surface area contributed by atoms with Crippen molar-refractivity contribution in [2.24, 2.45) is 0 Å². The van der Waals surface area contributed by atoms with Crippen molar-refractivity contribution >= 4 is 17.3 Å². The molecule has 28 heavy (non-hydrogen) atoms. The normalized spacial score (nSPS) is 12.7. The van der Waals surface area contributed by atoms with E-state index in [1.54, 1.807) is 0 Å². The van der Waals surface area contributed by atoms with Gasteiger partial charge in [-0.2, -0.15) is 0 Å². The number of benzene rings is 3. The van der Waals surface area contributed by atoms with Crippen molar-refractivity contribution in [3.05, 3.63) is 95.7 Å². The fourth-order valence-corrected chi connectivity index (χ4v) is 3.82. The molecule has 1 aromatic heterocycles. The van der Waals surface area contributed by atoms with Crippen LogP contribution in [-0.4, -0.2) is 0 Å². The first-order valence-corrected chi connectivity index (χ1v) is 9.48. The summed E-state index contributed by atoms with van der Waals surface area (Å²) in [7, 11) is 0. The summed E-state index contributed by atoms with van der Waals surface area (Å²) in [6.45, 7) is 4.58. The number of ether oxygens (including phenoxy) is 1. The summed E-state index contributed by atoms with van der Waals surface area (Å²) >= 11 is 0. The zero-order chi connectivity index (χ0) is 19.1. The molecule has 1 aliphatic rings. The molecule has 0 unspecified atom stereocenters. The van der Waals surface area contributed by atoms with Crippen molar-refractivity contribution in [2.75, 3.05) is 4.90 Å². The zero-order valence-corrected chi connectivity index (χ0v) is 16.0. The van der Waals surface area contributed by atoms with Gasteiger partial charge in [-0.25, -0.2) is 0 Å². The number of hydrogen-bond donors (Lipinski definition) is 0. The lowest BCUT2D eigenvalue weighted by Gasteiger charge is -2.25. The van der Waals surface area contributed by atoms with Crippen molar-refractivity contribution in [3.8, 4) is 16.9 Å². The van der Waals surface area contributed by atoms with E-state index in [1.807, 2.05) is 19.1 Å². The van der Waals surface area contributed by atoms with E-state index in [4.69, 9.17) is 9.15 Å². The van der Waals surface area contributed by atoms with Gasteiger partial charge in [0, 0.05) is 17.2 Å². The minimum atomic E-state index is 0.521. The molecule has 0 aliphatic carbocycles. The molecule has 0 N–H and O–H groups in total. The summed E-state index contributed by atoms with van der Waals surface area (Å²) in [5, 5.41) is 0. The Morgan fingerprint density at radius 2 is 1.57 bits per heavy atom. The fraction of sp³-hybridized carbons (Fsp3) is 0.120. The van der Waals surface area contributed by atoms with Crippen LogP contribution in [-0.2, 0) is 6.61 Å². The Balaban J connectivity index is 1.79. The standard InChI is InChI=1S/C25H21NO2/c1-17-12-13-22-20(14-17)16-27-24-15-18(2)28-25(24)26(22)23-11-7-6-10-21(23)19-8-4-3-5-9-19/h3-15H,16H2,1-2H3. The van der Waals surface area contributed by atoms with Crippen LogP contribution in [0.1, 0.15) is 16.9 Å². The third-order valence-corrected chi connectivity index (χ3v) is 5.09. The number of aryl methyl sites for hydroxylation is 2. The summed E-state index contributed by atoms with van der Waals surface area (Å²) < 4.78 is 12.2. The monoisotopic (exact) mass is 367 g/mol. The van der Waals surface area contributed by atoms with Gasteiger partial charge >= 0.3 is 0 Å². The molecule has 4 aromatic rings. The predicted molar refractivity (Wildman–Crippen MR) is 113 cm³/mol. The molecular weight excluding hydrogens is 346 g/mol. The van der Waals surface area contributed by atoms with Crippen LogP contribution in [0.4, 0.5) is 17.3 Å². The van der Waals surface area contributed by atoms with Crippen molar-refractivity contribution in [1.82, 2.24) is 0 Å². The third-order valence-electron chi connectivity index (χ3n) is 5.09. The number of hydrogen-bond acceptors (Lipinski definition) is 3. The Morgan fingerprint density at radius 1 is 0.786 bits per heavy atom. The number of anilines is 3. The molecule has 3 aromatic carbocycles. The van der Waals surface area contributed by atoms with Crippen molar-refractivity contribution in [2.45, 2.75) is 20.5 Å². The van der Waals surface area contributed by atoms with Crippen LogP contribution in [0.3, 0.4) is 0 Å². The maximum absolute atomic E-state index is 6.13. The molecule has 0 amide bonds. The second-order valence-corrected chi connectivity index (χ2v) is 7.17. The second kappa shape index (κ2) is 6.61. The molecule has 5 rings (SSSR count). The van der Waals surface area contributed by atoms with Crippen LogP contribution in [0, 0.1) is 13.8 Å². The van der Waals surface area contributed by atoms with Crippen LogP contribution in [0.25, 0.3) is 11.1 Å². The highest BCUT2D eigenvalue weighted by Gasteiger charge is 2.28. The lowest BCUT2D eigenvalue weighted by Crippen LogP contribution is -2.11. The van der Waals surface area contributed by atoms with Crippen molar-refractivity contribution in [3.63, 3.8) is 0 Å². The zero-order valence-electron chi connectivity index (χ0n) is 16.0. The number of furan rings is 1. The van der Waals surface area contributed by atoms with E-state index < -0.39 is 0 Å². The van der Waals surface area contributed by atoms with E-state index in [-0.39, 0.29) is 0 Å². The van der Waals surface area contributed by atoms with Crippen LogP contribution in [0.2, 0.25) is 0 Å². The topological polar surface area (TPSA) is 25.6 Å². The molecule has 3 nitrogen and oxygen atoms in total.